The standard InChI is InChI=1S/C14H24N4O2S/c1-16-10-13(9-15-16)11-17-7-3-5-14(12-17)6-4-8-18(14)21(2,19)20/h9-10H,3-8,11-12H2,1-2H3. The molecule has 0 aliphatic carbocycles. The first-order valence-electron chi connectivity index (χ1n) is 7.57. The van der Waals surface area contributed by atoms with Crippen molar-refractivity contribution in [1.29, 1.82) is 0 Å². The minimum absolute atomic E-state index is 0.173. The topological polar surface area (TPSA) is 58.4 Å². The van der Waals surface area contributed by atoms with Crippen molar-refractivity contribution in [2.24, 2.45) is 7.05 Å². The van der Waals surface area contributed by atoms with Crippen LogP contribution in [0.15, 0.2) is 12.4 Å². The predicted molar refractivity (Wildman–Crippen MR) is 81.2 cm³/mol. The van der Waals surface area contributed by atoms with E-state index in [1.807, 2.05) is 24.1 Å². The van der Waals surface area contributed by atoms with Crippen molar-refractivity contribution in [3.63, 3.8) is 0 Å². The molecule has 0 bridgehead atoms. The zero-order valence-corrected chi connectivity index (χ0v) is 13.6. The summed E-state index contributed by atoms with van der Waals surface area (Å²) in [7, 11) is -1.19. The van der Waals surface area contributed by atoms with Crippen LogP contribution in [0.5, 0.6) is 0 Å². The van der Waals surface area contributed by atoms with Gasteiger partial charge in [-0.05, 0) is 32.2 Å². The third-order valence-electron chi connectivity index (χ3n) is 4.73. The molecule has 3 heterocycles. The van der Waals surface area contributed by atoms with E-state index < -0.39 is 10.0 Å². The molecule has 1 atom stereocenters. The number of nitrogens with zero attached hydrogens (tertiary/aromatic N) is 4. The first-order valence-corrected chi connectivity index (χ1v) is 9.42. The maximum absolute atomic E-state index is 12.1. The fraction of sp³-hybridized carbons (Fsp3) is 0.786. The van der Waals surface area contributed by atoms with Crippen LogP contribution in [0.3, 0.4) is 0 Å². The molecule has 0 radical (unpaired) electrons. The summed E-state index contributed by atoms with van der Waals surface area (Å²) < 4.78 is 27.7. The Balaban J connectivity index is 1.76. The SMILES string of the molecule is Cn1cc(CN2CCCC3(CCCN3S(C)(=O)=O)C2)cn1. The molecule has 0 aromatic carbocycles. The molecule has 7 heteroatoms. The summed E-state index contributed by atoms with van der Waals surface area (Å²) in [5.74, 6) is 0. The Morgan fingerprint density at radius 2 is 2.00 bits per heavy atom. The Morgan fingerprint density at radius 1 is 1.29 bits per heavy atom. The minimum atomic E-state index is -3.11. The van der Waals surface area contributed by atoms with Crippen molar-refractivity contribution in [3.8, 4) is 0 Å². The highest BCUT2D eigenvalue weighted by Gasteiger charge is 2.47. The van der Waals surface area contributed by atoms with Crippen molar-refractivity contribution in [2.75, 3.05) is 25.9 Å². The van der Waals surface area contributed by atoms with Gasteiger partial charge < -0.3 is 0 Å². The highest BCUT2D eigenvalue weighted by atomic mass is 32.2. The highest BCUT2D eigenvalue weighted by Crippen LogP contribution is 2.39. The summed E-state index contributed by atoms with van der Waals surface area (Å²) in [5, 5.41) is 4.21. The Hall–Kier alpha value is -0.920. The van der Waals surface area contributed by atoms with Gasteiger partial charge in [-0.15, -0.1) is 0 Å². The van der Waals surface area contributed by atoms with E-state index in [1.54, 1.807) is 4.31 Å². The molecular formula is C14H24N4O2S. The van der Waals surface area contributed by atoms with E-state index in [0.717, 1.165) is 45.3 Å². The summed E-state index contributed by atoms with van der Waals surface area (Å²) in [5.41, 5.74) is 1.02. The molecule has 0 N–H and O–H groups in total. The van der Waals surface area contributed by atoms with E-state index in [4.69, 9.17) is 0 Å². The van der Waals surface area contributed by atoms with Crippen molar-refractivity contribution in [2.45, 2.75) is 37.8 Å². The average molecular weight is 312 g/mol. The van der Waals surface area contributed by atoms with Crippen LogP contribution in [0.4, 0.5) is 0 Å². The van der Waals surface area contributed by atoms with Gasteiger partial charge in [0.05, 0.1) is 12.5 Å². The van der Waals surface area contributed by atoms with Gasteiger partial charge in [-0.3, -0.25) is 9.58 Å². The van der Waals surface area contributed by atoms with Crippen LogP contribution in [-0.4, -0.2) is 58.8 Å². The van der Waals surface area contributed by atoms with Gasteiger partial charge in [-0.2, -0.15) is 9.40 Å². The summed E-state index contributed by atoms with van der Waals surface area (Å²) in [6.45, 7) is 3.41. The van der Waals surface area contributed by atoms with E-state index in [-0.39, 0.29) is 5.54 Å². The summed E-state index contributed by atoms with van der Waals surface area (Å²) in [6.07, 6.45) is 9.29. The number of hydrogen-bond donors (Lipinski definition) is 0. The second-order valence-electron chi connectivity index (χ2n) is 6.50. The van der Waals surface area contributed by atoms with Gasteiger partial charge in [0.1, 0.15) is 0 Å². The predicted octanol–water partition coefficient (Wildman–Crippen LogP) is 0.810. The van der Waals surface area contributed by atoms with Gasteiger partial charge in [0.25, 0.3) is 0 Å². The molecule has 3 rings (SSSR count). The first-order chi connectivity index (χ1) is 9.89. The number of hydrogen-bond acceptors (Lipinski definition) is 4. The second kappa shape index (κ2) is 5.37. The first kappa shape index (κ1) is 15.0. The van der Waals surface area contributed by atoms with E-state index in [9.17, 15) is 8.42 Å². The summed E-state index contributed by atoms with van der Waals surface area (Å²) in [4.78, 5) is 2.38. The maximum atomic E-state index is 12.1. The van der Waals surface area contributed by atoms with E-state index in [2.05, 4.69) is 10.00 Å². The van der Waals surface area contributed by atoms with Gasteiger partial charge in [0.15, 0.2) is 0 Å². The molecule has 21 heavy (non-hydrogen) atoms. The van der Waals surface area contributed by atoms with E-state index in [1.165, 1.54) is 11.8 Å². The average Bonchev–Trinajstić information content (AvgIpc) is 2.96. The lowest BCUT2D eigenvalue weighted by molar-refractivity contribution is 0.0841. The fourth-order valence-electron chi connectivity index (χ4n) is 3.99. The van der Waals surface area contributed by atoms with Gasteiger partial charge in [-0.25, -0.2) is 8.42 Å². The zero-order chi connectivity index (χ0) is 15.1. The quantitative estimate of drug-likeness (QED) is 0.829. The molecular weight excluding hydrogens is 288 g/mol. The van der Waals surface area contributed by atoms with Crippen LogP contribution in [-0.2, 0) is 23.6 Å². The normalized spacial score (nSPS) is 28.5. The van der Waals surface area contributed by atoms with Crippen molar-refractivity contribution in [3.05, 3.63) is 18.0 Å². The Kier molecular flexibility index (Phi) is 3.83. The third kappa shape index (κ3) is 3.00. The zero-order valence-electron chi connectivity index (χ0n) is 12.8. The Labute approximate surface area is 126 Å². The number of aryl methyl sites for hydroxylation is 1. The number of likely N-dealkylation sites (tertiary alicyclic amines) is 1. The van der Waals surface area contributed by atoms with E-state index in [0.29, 0.717) is 6.54 Å². The molecule has 118 valence electrons. The Bertz CT molecular complexity index is 612. The summed E-state index contributed by atoms with van der Waals surface area (Å²) in [6, 6.07) is 0. The van der Waals surface area contributed by atoms with Crippen LogP contribution >= 0.6 is 0 Å². The van der Waals surface area contributed by atoms with Crippen molar-refractivity contribution < 1.29 is 8.42 Å². The van der Waals surface area contributed by atoms with Crippen LogP contribution in [0, 0.1) is 0 Å². The van der Waals surface area contributed by atoms with Gasteiger partial charge in [0.2, 0.25) is 10.0 Å². The molecule has 1 unspecified atom stereocenters. The van der Waals surface area contributed by atoms with Gasteiger partial charge in [-0.1, -0.05) is 0 Å². The van der Waals surface area contributed by atoms with Crippen LogP contribution in [0.2, 0.25) is 0 Å². The molecule has 1 spiro atoms. The number of aromatic nitrogens is 2. The van der Waals surface area contributed by atoms with Gasteiger partial charge in [0, 0.05) is 44.0 Å². The molecule has 2 fully saturated rings. The molecule has 1 aromatic rings. The third-order valence-corrected chi connectivity index (χ3v) is 6.10. The highest BCUT2D eigenvalue weighted by molar-refractivity contribution is 7.88. The second-order valence-corrected chi connectivity index (χ2v) is 8.41. The molecule has 0 saturated carbocycles. The fourth-order valence-corrected chi connectivity index (χ4v) is 5.40. The monoisotopic (exact) mass is 312 g/mol. The van der Waals surface area contributed by atoms with Crippen molar-refractivity contribution >= 4 is 10.0 Å². The molecule has 0 amide bonds. The van der Waals surface area contributed by atoms with Gasteiger partial charge >= 0.3 is 0 Å². The number of sulfonamides is 1. The smallest absolute Gasteiger partial charge is 0.211 e. The number of piperidine rings is 1. The van der Waals surface area contributed by atoms with E-state index >= 15 is 0 Å². The van der Waals surface area contributed by atoms with Crippen molar-refractivity contribution in [1.82, 2.24) is 19.0 Å². The molecule has 2 aliphatic rings. The molecule has 6 nitrogen and oxygen atoms in total. The lowest BCUT2D eigenvalue weighted by Crippen LogP contribution is -2.56. The van der Waals surface area contributed by atoms with Crippen LogP contribution < -0.4 is 0 Å². The molecule has 1 aromatic heterocycles. The van der Waals surface area contributed by atoms with Crippen LogP contribution in [0.25, 0.3) is 0 Å². The maximum Gasteiger partial charge on any atom is 0.211 e. The molecule has 2 aliphatic heterocycles. The number of rotatable bonds is 3. The Morgan fingerprint density at radius 3 is 2.62 bits per heavy atom. The molecule has 2 saturated heterocycles. The minimum Gasteiger partial charge on any atom is -0.297 e. The van der Waals surface area contributed by atoms with Crippen LogP contribution in [0.1, 0.15) is 31.2 Å². The largest absolute Gasteiger partial charge is 0.297 e. The summed E-state index contributed by atoms with van der Waals surface area (Å²) >= 11 is 0. The lowest BCUT2D eigenvalue weighted by Gasteiger charge is -2.44. The lowest BCUT2D eigenvalue weighted by atomic mass is 9.87.